The van der Waals surface area contributed by atoms with E-state index in [9.17, 15) is 15.0 Å². The van der Waals surface area contributed by atoms with Gasteiger partial charge in [0.25, 0.3) is 5.91 Å². The summed E-state index contributed by atoms with van der Waals surface area (Å²) in [5.41, 5.74) is 5.18. The monoisotopic (exact) mass is 356 g/mol. The largest absolute Gasteiger partial charge is 0.394 e. The van der Waals surface area contributed by atoms with E-state index in [0.29, 0.717) is 5.57 Å². The predicted molar refractivity (Wildman–Crippen MR) is 93.5 cm³/mol. The van der Waals surface area contributed by atoms with E-state index in [4.69, 9.17) is 15.2 Å². The van der Waals surface area contributed by atoms with Crippen LogP contribution in [0.5, 0.6) is 0 Å². The Morgan fingerprint density at radius 3 is 2.68 bits per heavy atom. The van der Waals surface area contributed by atoms with Crippen molar-refractivity contribution in [1.82, 2.24) is 10.2 Å². The Balaban J connectivity index is 2.95. The molecule has 9 heteroatoms. The Kier molecular flexibility index (Phi) is 7.12. The van der Waals surface area contributed by atoms with Gasteiger partial charge in [0.15, 0.2) is 12.2 Å². The van der Waals surface area contributed by atoms with E-state index in [2.05, 4.69) is 16.9 Å². The van der Waals surface area contributed by atoms with Gasteiger partial charge < -0.3 is 30.3 Å². The van der Waals surface area contributed by atoms with E-state index in [0.717, 1.165) is 0 Å². The van der Waals surface area contributed by atoms with Crippen molar-refractivity contribution < 1.29 is 24.5 Å². The molecule has 1 aliphatic heterocycles. The molecule has 1 rings (SSSR count). The number of carbonyl (C=O) groups excluding carboxylic acids is 1. The first-order chi connectivity index (χ1) is 11.6. The third-order valence-corrected chi connectivity index (χ3v) is 4.35. The van der Waals surface area contributed by atoms with E-state index >= 15 is 0 Å². The molecule has 9 nitrogen and oxygen atoms in total. The van der Waals surface area contributed by atoms with Gasteiger partial charge >= 0.3 is 0 Å². The number of hydrogen-bond acceptors (Lipinski definition) is 7. The molecule has 4 atom stereocenters. The number of nitrogens with one attached hydrogen (secondary N) is 1. The maximum atomic E-state index is 12.0. The highest BCUT2D eigenvalue weighted by atomic mass is 16.6. The van der Waals surface area contributed by atoms with Crippen LogP contribution in [0, 0.1) is 0 Å². The fourth-order valence-corrected chi connectivity index (χ4v) is 2.63. The van der Waals surface area contributed by atoms with Crippen molar-refractivity contribution in [3.05, 3.63) is 23.9 Å². The molecule has 1 fully saturated rings. The summed E-state index contributed by atoms with van der Waals surface area (Å²) in [6.45, 7) is 6.81. The fourth-order valence-electron chi connectivity index (χ4n) is 2.63. The maximum absolute atomic E-state index is 12.0. The number of rotatable bonds is 6. The van der Waals surface area contributed by atoms with E-state index in [1.807, 2.05) is 0 Å². The third kappa shape index (κ3) is 4.37. The molecule has 1 aliphatic rings. The molecule has 0 aliphatic carbocycles. The van der Waals surface area contributed by atoms with Crippen LogP contribution in [0.2, 0.25) is 0 Å². The number of aliphatic hydroxyl groups excluding tert-OH is 2. The van der Waals surface area contributed by atoms with Gasteiger partial charge in [-0.25, -0.2) is 0 Å². The summed E-state index contributed by atoms with van der Waals surface area (Å²) in [4.78, 5) is 17.3. The van der Waals surface area contributed by atoms with Crippen molar-refractivity contribution in [2.24, 2.45) is 10.7 Å². The lowest BCUT2D eigenvalue weighted by Gasteiger charge is -2.36. The zero-order valence-electron chi connectivity index (χ0n) is 15.3. The summed E-state index contributed by atoms with van der Waals surface area (Å²) in [7, 11) is 4.63. The van der Waals surface area contributed by atoms with E-state index in [1.165, 1.54) is 14.2 Å². The van der Waals surface area contributed by atoms with E-state index < -0.39 is 29.9 Å². The van der Waals surface area contributed by atoms with Crippen LogP contribution in [0.1, 0.15) is 13.8 Å². The molecule has 0 saturated carbocycles. The molecule has 5 N–H and O–H groups in total. The third-order valence-electron chi connectivity index (χ3n) is 4.35. The number of nitrogens with two attached hydrogens (primary N) is 1. The molecule has 0 bridgehead atoms. The number of ether oxygens (including phenoxy) is 2. The Hall–Kier alpha value is -1.94. The van der Waals surface area contributed by atoms with Crippen molar-refractivity contribution in [3.63, 3.8) is 0 Å². The summed E-state index contributed by atoms with van der Waals surface area (Å²) in [6.07, 6.45) is -0.790. The van der Waals surface area contributed by atoms with Gasteiger partial charge in [-0.3, -0.25) is 15.1 Å². The SMILES string of the molecule is C=C(C(=O)N/C(N)=N\C)/C(C)=C\N(C)[C@@H]1O[C@H](CO)[C@@H](O)[C@@]1(C)OC. The maximum Gasteiger partial charge on any atom is 0.257 e. The number of carbonyl (C=O) groups is 1. The van der Waals surface area contributed by atoms with Gasteiger partial charge in [-0.05, 0) is 19.4 Å². The molecule has 0 aromatic heterocycles. The number of aliphatic hydroxyl groups is 2. The number of guanidine groups is 1. The van der Waals surface area contributed by atoms with Gasteiger partial charge in [0.1, 0.15) is 17.8 Å². The van der Waals surface area contributed by atoms with Gasteiger partial charge in [0, 0.05) is 33.0 Å². The van der Waals surface area contributed by atoms with E-state index in [-0.39, 0.29) is 18.1 Å². The first-order valence-electron chi connectivity index (χ1n) is 7.75. The molecular formula is C16H28N4O5. The number of amides is 1. The number of nitrogens with zero attached hydrogens (tertiary/aromatic N) is 2. The number of hydrogen-bond donors (Lipinski definition) is 4. The van der Waals surface area contributed by atoms with Crippen LogP contribution in [0.3, 0.4) is 0 Å². The van der Waals surface area contributed by atoms with Crippen LogP contribution in [0.4, 0.5) is 0 Å². The highest BCUT2D eigenvalue weighted by Gasteiger charge is 2.54. The van der Waals surface area contributed by atoms with Crippen molar-refractivity contribution in [3.8, 4) is 0 Å². The average Bonchev–Trinajstić information content (AvgIpc) is 2.85. The van der Waals surface area contributed by atoms with Gasteiger partial charge in [-0.2, -0.15) is 0 Å². The Morgan fingerprint density at radius 2 is 2.20 bits per heavy atom. The topological polar surface area (TPSA) is 130 Å². The normalized spacial score (nSPS) is 30.3. The zero-order chi connectivity index (χ0) is 19.4. The van der Waals surface area contributed by atoms with Gasteiger partial charge in [-0.15, -0.1) is 0 Å². The summed E-state index contributed by atoms with van der Waals surface area (Å²) in [5, 5.41) is 22.1. The Morgan fingerprint density at radius 1 is 1.60 bits per heavy atom. The van der Waals surface area contributed by atoms with Gasteiger partial charge in [-0.1, -0.05) is 6.58 Å². The van der Waals surface area contributed by atoms with Crippen molar-refractivity contribution in [2.45, 2.75) is 37.9 Å². The predicted octanol–water partition coefficient (Wildman–Crippen LogP) is -1.08. The second kappa shape index (κ2) is 8.43. The lowest BCUT2D eigenvalue weighted by molar-refractivity contribution is -0.132. The minimum atomic E-state index is -1.05. The minimum Gasteiger partial charge on any atom is -0.394 e. The van der Waals surface area contributed by atoms with Crippen molar-refractivity contribution in [1.29, 1.82) is 0 Å². The van der Waals surface area contributed by atoms with Crippen LogP contribution in [0.15, 0.2) is 28.9 Å². The summed E-state index contributed by atoms with van der Waals surface area (Å²) >= 11 is 0. The van der Waals surface area contributed by atoms with Crippen LogP contribution >= 0.6 is 0 Å². The Labute approximate surface area is 147 Å². The molecule has 0 aromatic carbocycles. The smallest absolute Gasteiger partial charge is 0.257 e. The zero-order valence-corrected chi connectivity index (χ0v) is 15.3. The quantitative estimate of drug-likeness (QED) is 0.206. The molecule has 0 unspecified atom stereocenters. The van der Waals surface area contributed by atoms with Crippen LogP contribution in [-0.2, 0) is 14.3 Å². The molecule has 0 radical (unpaired) electrons. The molecular weight excluding hydrogens is 328 g/mol. The van der Waals surface area contributed by atoms with Crippen LogP contribution in [-0.4, -0.2) is 78.8 Å². The van der Waals surface area contributed by atoms with Crippen molar-refractivity contribution >= 4 is 11.9 Å². The average molecular weight is 356 g/mol. The molecule has 1 heterocycles. The van der Waals surface area contributed by atoms with Gasteiger partial charge in [0.2, 0.25) is 0 Å². The van der Waals surface area contributed by atoms with Crippen LogP contribution in [0.25, 0.3) is 0 Å². The molecule has 25 heavy (non-hydrogen) atoms. The Bertz CT molecular complexity index is 577. The van der Waals surface area contributed by atoms with Gasteiger partial charge in [0.05, 0.1) is 6.61 Å². The van der Waals surface area contributed by atoms with Crippen LogP contribution < -0.4 is 11.1 Å². The second-order valence-corrected chi connectivity index (χ2v) is 6.06. The number of aliphatic imine (C=N–C) groups is 1. The second-order valence-electron chi connectivity index (χ2n) is 6.06. The highest BCUT2D eigenvalue weighted by Crippen LogP contribution is 2.35. The summed E-state index contributed by atoms with van der Waals surface area (Å²) < 4.78 is 11.1. The summed E-state index contributed by atoms with van der Waals surface area (Å²) in [6, 6.07) is 0. The highest BCUT2D eigenvalue weighted by molar-refractivity contribution is 6.06. The molecule has 0 aromatic rings. The first-order valence-corrected chi connectivity index (χ1v) is 7.75. The number of methoxy groups -OCH3 is 1. The number of likely N-dealkylation sites (N-methyl/N-ethyl adjacent to an activating group) is 1. The van der Waals surface area contributed by atoms with Crippen molar-refractivity contribution in [2.75, 3.05) is 27.8 Å². The standard InChI is InChI=1S/C16H28N4O5/c1-9(10(2)13(23)19-15(17)18-4)7-20(5)14-16(3,24-6)12(22)11(8-21)25-14/h7,11-12,14,21-22H,2,8H2,1,3-6H3,(H3,17,18,19,23)/b9-7-/t11-,12-,14-,16-/m1/s1. The molecule has 1 amide bonds. The molecule has 0 spiro atoms. The first kappa shape index (κ1) is 21.1. The molecule has 142 valence electrons. The lowest BCUT2D eigenvalue weighted by Crippen LogP contribution is -2.52. The van der Waals surface area contributed by atoms with E-state index in [1.54, 1.807) is 32.0 Å². The fraction of sp³-hybridized carbons (Fsp3) is 0.625. The summed E-state index contributed by atoms with van der Waals surface area (Å²) in [5.74, 6) is -0.479. The lowest BCUT2D eigenvalue weighted by atomic mass is 9.95. The molecule has 1 saturated heterocycles. The minimum absolute atomic E-state index is 0.00713.